The van der Waals surface area contributed by atoms with Gasteiger partial charge in [-0.3, -0.25) is 0 Å². The van der Waals surface area contributed by atoms with Crippen LogP contribution >= 0.6 is 11.6 Å². The number of hydrogen-bond acceptors (Lipinski definition) is 3. The zero-order valence-corrected chi connectivity index (χ0v) is 13.7. The summed E-state index contributed by atoms with van der Waals surface area (Å²) in [5, 5.41) is 0.485. The molecule has 2 aromatic carbocycles. The van der Waals surface area contributed by atoms with Gasteiger partial charge >= 0.3 is 0 Å². The Balaban J connectivity index is 1.56. The number of halogens is 2. The second-order valence-electron chi connectivity index (χ2n) is 5.30. The zero-order chi connectivity index (χ0) is 16.4. The molecular formula is C16H15ClFNO3S. The van der Waals surface area contributed by atoms with Gasteiger partial charge in [0, 0.05) is 23.7 Å². The Labute approximate surface area is 139 Å². The Morgan fingerprint density at radius 2 is 1.78 bits per heavy atom. The van der Waals surface area contributed by atoms with Crippen molar-refractivity contribution in [1.82, 2.24) is 4.31 Å². The van der Waals surface area contributed by atoms with Gasteiger partial charge in [0.25, 0.3) is 0 Å². The molecule has 0 bridgehead atoms. The first kappa shape index (κ1) is 16.4. The molecule has 1 fully saturated rings. The van der Waals surface area contributed by atoms with Gasteiger partial charge in [-0.2, -0.15) is 4.31 Å². The van der Waals surface area contributed by atoms with E-state index < -0.39 is 10.0 Å². The molecule has 1 aliphatic rings. The predicted octanol–water partition coefficient (Wildman–Crippen LogP) is 3.07. The van der Waals surface area contributed by atoms with Crippen molar-refractivity contribution in [2.45, 2.75) is 17.6 Å². The number of nitrogens with zero attached hydrogens (tertiary/aromatic N) is 1. The van der Waals surface area contributed by atoms with Crippen LogP contribution in [0.15, 0.2) is 53.4 Å². The van der Waals surface area contributed by atoms with Crippen molar-refractivity contribution in [3.05, 3.63) is 64.9 Å². The maximum absolute atomic E-state index is 13.5. The van der Waals surface area contributed by atoms with Crippen LogP contribution in [0, 0.1) is 5.82 Å². The number of hydrogen-bond donors (Lipinski definition) is 0. The largest absolute Gasteiger partial charge is 0.371 e. The van der Waals surface area contributed by atoms with Crippen molar-refractivity contribution in [2.24, 2.45) is 0 Å². The van der Waals surface area contributed by atoms with Crippen LogP contribution in [0.1, 0.15) is 5.56 Å². The summed E-state index contributed by atoms with van der Waals surface area (Å²) in [4.78, 5) is 0.203. The molecule has 0 unspecified atom stereocenters. The molecule has 1 aliphatic heterocycles. The number of benzene rings is 2. The van der Waals surface area contributed by atoms with Crippen LogP contribution < -0.4 is 0 Å². The number of sulfonamides is 1. The normalized spacial score (nSPS) is 16.3. The average Bonchev–Trinajstić information content (AvgIpc) is 2.47. The summed E-state index contributed by atoms with van der Waals surface area (Å²) in [5.41, 5.74) is 0.464. The van der Waals surface area contributed by atoms with Crippen LogP contribution in [0.4, 0.5) is 4.39 Å². The SMILES string of the molecule is O=S(=O)(c1ccc(Cl)cc1)N1CC(OCc2ccccc2F)C1. The summed E-state index contributed by atoms with van der Waals surface area (Å²) in [7, 11) is -3.52. The molecule has 0 atom stereocenters. The first-order valence-corrected chi connectivity index (χ1v) is 8.89. The summed E-state index contributed by atoms with van der Waals surface area (Å²) in [6, 6.07) is 12.4. The molecule has 4 nitrogen and oxygen atoms in total. The van der Waals surface area contributed by atoms with E-state index in [1.165, 1.54) is 22.5 Å². The van der Waals surface area contributed by atoms with Crippen LogP contribution in [0.3, 0.4) is 0 Å². The third-order valence-electron chi connectivity index (χ3n) is 3.70. The Morgan fingerprint density at radius 1 is 1.13 bits per heavy atom. The van der Waals surface area contributed by atoms with E-state index in [2.05, 4.69) is 0 Å². The first-order valence-electron chi connectivity index (χ1n) is 7.07. The van der Waals surface area contributed by atoms with Crippen LogP contribution in [0.2, 0.25) is 5.02 Å². The fourth-order valence-electron chi connectivity index (χ4n) is 2.28. The van der Waals surface area contributed by atoms with Crippen LogP contribution in [-0.4, -0.2) is 31.9 Å². The molecule has 7 heteroatoms. The molecule has 1 saturated heterocycles. The molecule has 0 N–H and O–H groups in total. The fourth-order valence-corrected chi connectivity index (χ4v) is 3.91. The lowest BCUT2D eigenvalue weighted by Gasteiger charge is -2.37. The van der Waals surface area contributed by atoms with Crippen molar-refractivity contribution >= 4 is 21.6 Å². The molecule has 122 valence electrons. The third kappa shape index (κ3) is 3.55. The molecule has 3 rings (SSSR count). The lowest BCUT2D eigenvalue weighted by Crippen LogP contribution is -2.54. The second kappa shape index (κ2) is 6.57. The first-order chi connectivity index (χ1) is 11.0. The molecule has 0 amide bonds. The Morgan fingerprint density at radius 3 is 2.43 bits per heavy atom. The highest BCUT2D eigenvalue weighted by atomic mass is 35.5. The molecular weight excluding hydrogens is 341 g/mol. The van der Waals surface area contributed by atoms with Crippen molar-refractivity contribution < 1.29 is 17.5 Å². The summed E-state index contributed by atoms with van der Waals surface area (Å²) in [5.74, 6) is -0.322. The van der Waals surface area contributed by atoms with Gasteiger partial charge in [-0.15, -0.1) is 0 Å². The average molecular weight is 356 g/mol. The van der Waals surface area contributed by atoms with Gasteiger partial charge in [-0.1, -0.05) is 29.8 Å². The fraction of sp³-hybridized carbons (Fsp3) is 0.250. The summed E-state index contributed by atoms with van der Waals surface area (Å²) in [6.45, 7) is 0.658. The minimum absolute atomic E-state index is 0.131. The smallest absolute Gasteiger partial charge is 0.243 e. The Bertz CT molecular complexity index is 789. The van der Waals surface area contributed by atoms with Gasteiger partial charge in [-0.05, 0) is 30.3 Å². The van der Waals surface area contributed by atoms with Crippen LogP contribution in [0.5, 0.6) is 0 Å². The van der Waals surface area contributed by atoms with Crippen molar-refractivity contribution in [3.63, 3.8) is 0 Å². The molecule has 0 radical (unpaired) electrons. The lowest BCUT2D eigenvalue weighted by atomic mass is 10.2. The molecule has 0 aliphatic carbocycles. The quantitative estimate of drug-likeness (QED) is 0.828. The van der Waals surface area contributed by atoms with E-state index in [1.54, 1.807) is 30.3 Å². The highest BCUT2D eigenvalue weighted by molar-refractivity contribution is 7.89. The Hall–Kier alpha value is -1.47. The van der Waals surface area contributed by atoms with Gasteiger partial charge in [0.2, 0.25) is 10.0 Å². The zero-order valence-electron chi connectivity index (χ0n) is 12.2. The number of ether oxygens (including phenoxy) is 1. The van der Waals surface area contributed by atoms with E-state index in [-0.39, 0.29) is 36.5 Å². The monoisotopic (exact) mass is 355 g/mol. The van der Waals surface area contributed by atoms with E-state index >= 15 is 0 Å². The van der Waals surface area contributed by atoms with E-state index in [0.717, 1.165) is 0 Å². The standard InChI is InChI=1S/C16H15ClFNO3S/c17-13-5-7-15(8-6-13)23(20,21)19-9-14(10-19)22-11-12-3-1-2-4-16(12)18/h1-8,14H,9-11H2. The summed E-state index contributed by atoms with van der Waals surface area (Å²) >= 11 is 5.77. The minimum Gasteiger partial charge on any atom is -0.371 e. The van der Waals surface area contributed by atoms with Gasteiger partial charge in [-0.25, -0.2) is 12.8 Å². The maximum Gasteiger partial charge on any atom is 0.243 e. The molecule has 2 aromatic rings. The van der Waals surface area contributed by atoms with Crippen molar-refractivity contribution in [1.29, 1.82) is 0 Å². The highest BCUT2D eigenvalue weighted by Gasteiger charge is 2.37. The number of rotatable bonds is 5. The molecule has 1 heterocycles. The van der Waals surface area contributed by atoms with E-state index in [9.17, 15) is 12.8 Å². The van der Waals surface area contributed by atoms with Crippen molar-refractivity contribution in [2.75, 3.05) is 13.1 Å². The minimum atomic E-state index is -3.52. The topological polar surface area (TPSA) is 46.6 Å². The van der Waals surface area contributed by atoms with Gasteiger partial charge < -0.3 is 4.74 Å². The van der Waals surface area contributed by atoms with Crippen LogP contribution in [-0.2, 0) is 21.4 Å². The van der Waals surface area contributed by atoms with Crippen LogP contribution in [0.25, 0.3) is 0 Å². The van der Waals surface area contributed by atoms with E-state index in [4.69, 9.17) is 16.3 Å². The molecule has 23 heavy (non-hydrogen) atoms. The van der Waals surface area contributed by atoms with Crippen molar-refractivity contribution in [3.8, 4) is 0 Å². The summed E-state index contributed by atoms with van der Waals surface area (Å²) < 4.78 is 45.1. The lowest BCUT2D eigenvalue weighted by molar-refractivity contribution is -0.0304. The third-order valence-corrected chi connectivity index (χ3v) is 5.80. The van der Waals surface area contributed by atoms with E-state index in [1.807, 2.05) is 0 Å². The predicted molar refractivity (Wildman–Crippen MR) is 85.2 cm³/mol. The molecule has 0 spiro atoms. The van der Waals surface area contributed by atoms with Gasteiger partial charge in [0.1, 0.15) is 5.82 Å². The molecule has 0 saturated carbocycles. The maximum atomic E-state index is 13.5. The second-order valence-corrected chi connectivity index (χ2v) is 7.67. The molecule has 0 aromatic heterocycles. The van der Waals surface area contributed by atoms with Gasteiger partial charge in [0.15, 0.2) is 0 Å². The highest BCUT2D eigenvalue weighted by Crippen LogP contribution is 2.25. The van der Waals surface area contributed by atoms with Gasteiger partial charge in [0.05, 0.1) is 17.6 Å². The summed E-state index contributed by atoms with van der Waals surface area (Å²) in [6.07, 6.45) is -0.225. The Kier molecular flexibility index (Phi) is 4.68. The van der Waals surface area contributed by atoms with E-state index in [0.29, 0.717) is 10.6 Å².